The molecule has 0 radical (unpaired) electrons. The smallest absolute Gasteiger partial charge is 0.337 e. The van der Waals surface area contributed by atoms with Gasteiger partial charge in [0.1, 0.15) is 0 Å². The third kappa shape index (κ3) is 2.99. The van der Waals surface area contributed by atoms with Crippen LogP contribution in [0.3, 0.4) is 0 Å². The highest BCUT2D eigenvalue weighted by Crippen LogP contribution is 2.45. The molecular weight excluding hydrogens is 280 g/mol. The molecule has 2 fully saturated rings. The van der Waals surface area contributed by atoms with E-state index < -0.39 is 0 Å². The maximum atomic E-state index is 12.4. The van der Waals surface area contributed by atoms with Crippen molar-refractivity contribution < 1.29 is 14.3 Å². The Morgan fingerprint density at radius 1 is 1.23 bits per heavy atom. The van der Waals surface area contributed by atoms with Crippen LogP contribution in [-0.2, 0) is 15.1 Å². The summed E-state index contributed by atoms with van der Waals surface area (Å²) in [5, 5.41) is 6.48. The Hall–Kier alpha value is -1.88. The van der Waals surface area contributed by atoms with Crippen LogP contribution in [0.1, 0.15) is 48.0 Å². The molecule has 0 bridgehead atoms. The highest BCUT2D eigenvalue weighted by atomic mass is 16.5. The van der Waals surface area contributed by atoms with Gasteiger partial charge in [0.25, 0.3) is 0 Å². The molecule has 0 unspecified atom stereocenters. The normalized spacial score (nSPS) is 22.7. The van der Waals surface area contributed by atoms with Gasteiger partial charge in [-0.05, 0) is 49.9 Å². The van der Waals surface area contributed by atoms with Crippen LogP contribution in [-0.4, -0.2) is 31.6 Å². The van der Waals surface area contributed by atoms with E-state index in [1.54, 1.807) is 12.1 Å². The quantitative estimate of drug-likeness (QED) is 0.831. The molecule has 1 heterocycles. The van der Waals surface area contributed by atoms with Gasteiger partial charge in [-0.15, -0.1) is 0 Å². The van der Waals surface area contributed by atoms with Gasteiger partial charge in [0, 0.05) is 0 Å². The van der Waals surface area contributed by atoms with Crippen LogP contribution in [0.2, 0.25) is 0 Å². The lowest BCUT2D eigenvalue weighted by molar-refractivity contribution is -0.124. The summed E-state index contributed by atoms with van der Waals surface area (Å²) in [4.78, 5) is 23.9. The van der Waals surface area contributed by atoms with E-state index in [1.165, 1.54) is 7.11 Å². The molecule has 3 rings (SSSR count). The molecule has 1 aliphatic heterocycles. The maximum absolute atomic E-state index is 12.4. The summed E-state index contributed by atoms with van der Waals surface area (Å²) in [6, 6.07) is 7.26. The molecule has 5 heteroatoms. The van der Waals surface area contributed by atoms with E-state index in [1.807, 2.05) is 12.1 Å². The minimum atomic E-state index is -0.341. The van der Waals surface area contributed by atoms with E-state index in [9.17, 15) is 9.59 Å². The minimum absolute atomic E-state index is 0.0689. The number of hydrogen-bond donors (Lipinski definition) is 2. The molecule has 118 valence electrons. The zero-order valence-corrected chi connectivity index (χ0v) is 12.9. The fourth-order valence-electron chi connectivity index (χ4n) is 3.05. The van der Waals surface area contributed by atoms with Crippen molar-refractivity contribution in [3.05, 3.63) is 35.4 Å². The topological polar surface area (TPSA) is 67.4 Å². The minimum Gasteiger partial charge on any atom is -0.465 e. The highest BCUT2D eigenvalue weighted by Gasteiger charge is 2.46. The van der Waals surface area contributed by atoms with Gasteiger partial charge in [-0.2, -0.15) is 0 Å². The van der Waals surface area contributed by atoms with Crippen LogP contribution in [0.4, 0.5) is 0 Å². The molecule has 1 saturated carbocycles. The molecule has 2 N–H and O–H groups in total. The summed E-state index contributed by atoms with van der Waals surface area (Å²) in [6.45, 7) is 0.916. The molecule has 22 heavy (non-hydrogen) atoms. The van der Waals surface area contributed by atoms with Crippen LogP contribution in [0, 0.1) is 0 Å². The average molecular weight is 302 g/mol. The third-order valence-corrected chi connectivity index (χ3v) is 4.60. The number of piperidine rings is 1. The monoisotopic (exact) mass is 302 g/mol. The summed E-state index contributed by atoms with van der Waals surface area (Å²) in [5.74, 6) is -0.249. The number of ether oxygens (including phenoxy) is 1. The first-order valence-electron chi connectivity index (χ1n) is 7.89. The van der Waals surface area contributed by atoms with Gasteiger partial charge in [0.2, 0.25) is 5.91 Å². The van der Waals surface area contributed by atoms with Gasteiger partial charge in [-0.25, -0.2) is 4.79 Å². The van der Waals surface area contributed by atoms with Crippen LogP contribution < -0.4 is 10.6 Å². The van der Waals surface area contributed by atoms with E-state index in [0.29, 0.717) is 5.56 Å². The Morgan fingerprint density at radius 2 is 1.95 bits per heavy atom. The molecule has 0 aromatic heterocycles. The second-order valence-corrected chi connectivity index (χ2v) is 6.14. The molecule has 2 aliphatic rings. The molecular formula is C17H22N2O3. The van der Waals surface area contributed by atoms with Crippen molar-refractivity contribution in [2.75, 3.05) is 13.7 Å². The Bertz CT molecular complexity index is 558. The van der Waals surface area contributed by atoms with E-state index in [2.05, 4.69) is 10.6 Å². The number of amides is 1. The molecule has 1 aliphatic carbocycles. The lowest BCUT2D eigenvalue weighted by Crippen LogP contribution is -2.49. The standard InChI is InChI=1S/C17H22N2O3/c1-22-16(21)12-5-7-13(8-6-12)17(9-10-17)19-15(20)14-4-2-3-11-18-14/h5-8,14,18H,2-4,9-11H2,1H3,(H,19,20)/t14-/m1/s1. The second-order valence-electron chi connectivity index (χ2n) is 6.14. The zero-order valence-electron chi connectivity index (χ0n) is 12.9. The van der Waals surface area contributed by atoms with Crippen molar-refractivity contribution in [1.29, 1.82) is 0 Å². The summed E-state index contributed by atoms with van der Waals surface area (Å²) in [5.41, 5.74) is 1.34. The summed E-state index contributed by atoms with van der Waals surface area (Å²) in [6.07, 6.45) is 5.05. The SMILES string of the molecule is COC(=O)c1ccc(C2(NC(=O)[C@H]3CCCCN3)CC2)cc1. The maximum Gasteiger partial charge on any atom is 0.337 e. The third-order valence-electron chi connectivity index (χ3n) is 4.60. The number of rotatable bonds is 4. The fourth-order valence-corrected chi connectivity index (χ4v) is 3.05. The van der Waals surface area contributed by atoms with Crippen LogP contribution in [0.15, 0.2) is 24.3 Å². The molecule has 1 amide bonds. The number of nitrogens with one attached hydrogen (secondary N) is 2. The summed E-state index contributed by atoms with van der Waals surface area (Å²) in [7, 11) is 1.37. The number of esters is 1. The number of carbonyl (C=O) groups is 2. The lowest BCUT2D eigenvalue weighted by atomic mass is 10.0. The molecule has 0 spiro atoms. The molecule has 1 atom stereocenters. The molecule has 1 aromatic carbocycles. The van der Waals surface area contributed by atoms with Crippen molar-refractivity contribution in [1.82, 2.24) is 10.6 Å². The first-order chi connectivity index (χ1) is 10.6. The Labute approximate surface area is 130 Å². The summed E-state index contributed by atoms with van der Waals surface area (Å²) >= 11 is 0. The molecule has 5 nitrogen and oxygen atoms in total. The Morgan fingerprint density at radius 3 is 2.50 bits per heavy atom. The Balaban J connectivity index is 1.68. The van der Waals surface area contributed by atoms with E-state index in [4.69, 9.17) is 4.74 Å². The van der Waals surface area contributed by atoms with Crippen molar-refractivity contribution >= 4 is 11.9 Å². The first kappa shape index (κ1) is 15.0. The predicted molar refractivity (Wildman–Crippen MR) is 82.5 cm³/mol. The van der Waals surface area contributed by atoms with Crippen molar-refractivity contribution in [3.8, 4) is 0 Å². The second kappa shape index (κ2) is 6.08. The first-order valence-corrected chi connectivity index (χ1v) is 7.89. The number of hydrogen-bond acceptors (Lipinski definition) is 4. The van der Waals surface area contributed by atoms with Gasteiger partial charge in [0.15, 0.2) is 0 Å². The highest BCUT2D eigenvalue weighted by molar-refractivity contribution is 5.89. The van der Waals surface area contributed by atoms with Crippen molar-refractivity contribution in [2.45, 2.75) is 43.7 Å². The average Bonchev–Trinajstić information content (AvgIpc) is 3.36. The number of carbonyl (C=O) groups excluding carboxylic acids is 2. The largest absolute Gasteiger partial charge is 0.465 e. The van der Waals surface area contributed by atoms with Gasteiger partial charge >= 0.3 is 5.97 Å². The molecule has 1 aromatic rings. The fraction of sp³-hybridized carbons (Fsp3) is 0.529. The van der Waals surface area contributed by atoms with Gasteiger partial charge in [-0.3, -0.25) is 4.79 Å². The summed E-state index contributed by atoms with van der Waals surface area (Å²) < 4.78 is 4.70. The zero-order chi connectivity index (χ0) is 15.6. The van der Waals surface area contributed by atoms with Gasteiger partial charge < -0.3 is 15.4 Å². The van der Waals surface area contributed by atoms with E-state index >= 15 is 0 Å². The number of benzene rings is 1. The number of methoxy groups -OCH3 is 1. The van der Waals surface area contributed by atoms with Crippen molar-refractivity contribution in [3.63, 3.8) is 0 Å². The Kier molecular flexibility index (Phi) is 4.16. The predicted octanol–water partition coefficient (Wildman–Crippen LogP) is 1.72. The van der Waals surface area contributed by atoms with E-state index in [0.717, 1.165) is 44.2 Å². The molecule has 1 saturated heterocycles. The van der Waals surface area contributed by atoms with Crippen LogP contribution >= 0.6 is 0 Å². The van der Waals surface area contributed by atoms with Gasteiger partial charge in [0.05, 0.1) is 24.3 Å². The van der Waals surface area contributed by atoms with Crippen molar-refractivity contribution in [2.24, 2.45) is 0 Å². The lowest BCUT2D eigenvalue weighted by Gasteiger charge is -2.26. The van der Waals surface area contributed by atoms with Crippen LogP contribution in [0.5, 0.6) is 0 Å². The van der Waals surface area contributed by atoms with Crippen LogP contribution in [0.25, 0.3) is 0 Å². The van der Waals surface area contributed by atoms with Gasteiger partial charge in [-0.1, -0.05) is 18.6 Å². The van der Waals surface area contributed by atoms with E-state index in [-0.39, 0.29) is 23.5 Å².